The second kappa shape index (κ2) is 6.12. The Bertz CT molecular complexity index is 334. The fourth-order valence-corrected chi connectivity index (χ4v) is 1.99. The van der Waals surface area contributed by atoms with Gasteiger partial charge in [-0.25, -0.2) is 0 Å². The zero-order valence-electron chi connectivity index (χ0n) is 10.6. The minimum atomic E-state index is 0.378. The van der Waals surface area contributed by atoms with Gasteiger partial charge in [-0.15, -0.1) is 0 Å². The third kappa shape index (κ3) is 3.78. The fraction of sp³-hybridized carbons (Fsp3) is 0.833. The number of likely N-dealkylation sites (N-methyl/N-ethyl adjacent to an activating group) is 1. The average Bonchev–Trinajstić information content (AvgIpc) is 2.97. The first-order valence-corrected chi connectivity index (χ1v) is 6.34. The van der Waals surface area contributed by atoms with Crippen LogP contribution in [0.1, 0.15) is 31.5 Å². The van der Waals surface area contributed by atoms with Gasteiger partial charge in [-0.2, -0.15) is 4.98 Å². The summed E-state index contributed by atoms with van der Waals surface area (Å²) in [6.45, 7) is 3.89. The SMILES string of the molecule is CNC(C)Cc1noc(CCC2CCOC2)n1. The monoisotopic (exact) mass is 239 g/mol. The van der Waals surface area contributed by atoms with Crippen molar-refractivity contribution in [1.82, 2.24) is 15.5 Å². The molecule has 2 rings (SSSR count). The average molecular weight is 239 g/mol. The number of nitrogens with zero attached hydrogens (tertiary/aromatic N) is 2. The van der Waals surface area contributed by atoms with E-state index in [9.17, 15) is 0 Å². The molecular weight excluding hydrogens is 218 g/mol. The van der Waals surface area contributed by atoms with Crippen molar-refractivity contribution in [2.75, 3.05) is 20.3 Å². The highest BCUT2D eigenvalue weighted by Crippen LogP contribution is 2.18. The van der Waals surface area contributed by atoms with Gasteiger partial charge < -0.3 is 14.6 Å². The number of aryl methyl sites for hydroxylation is 1. The maximum Gasteiger partial charge on any atom is 0.226 e. The number of hydrogen-bond acceptors (Lipinski definition) is 5. The van der Waals surface area contributed by atoms with Crippen molar-refractivity contribution in [1.29, 1.82) is 0 Å². The number of aromatic nitrogens is 2. The van der Waals surface area contributed by atoms with Gasteiger partial charge in [0.05, 0.1) is 0 Å². The van der Waals surface area contributed by atoms with E-state index in [1.807, 2.05) is 7.05 Å². The quantitative estimate of drug-likeness (QED) is 0.808. The van der Waals surface area contributed by atoms with E-state index in [4.69, 9.17) is 9.26 Å². The third-order valence-corrected chi connectivity index (χ3v) is 3.28. The molecule has 5 heteroatoms. The van der Waals surface area contributed by atoms with Crippen LogP contribution in [0.15, 0.2) is 4.52 Å². The molecule has 1 N–H and O–H groups in total. The molecule has 1 fully saturated rings. The first kappa shape index (κ1) is 12.5. The van der Waals surface area contributed by atoms with E-state index in [1.54, 1.807) is 0 Å². The van der Waals surface area contributed by atoms with Crippen LogP contribution in [0.3, 0.4) is 0 Å². The molecule has 0 aliphatic carbocycles. The highest BCUT2D eigenvalue weighted by molar-refractivity contribution is 4.89. The Kier molecular flexibility index (Phi) is 4.50. The van der Waals surface area contributed by atoms with E-state index >= 15 is 0 Å². The summed E-state index contributed by atoms with van der Waals surface area (Å²) < 4.78 is 10.6. The Labute approximate surface area is 102 Å². The van der Waals surface area contributed by atoms with Gasteiger partial charge in [-0.3, -0.25) is 0 Å². The van der Waals surface area contributed by atoms with Crippen LogP contribution in [0.5, 0.6) is 0 Å². The Morgan fingerprint density at radius 1 is 1.53 bits per heavy atom. The van der Waals surface area contributed by atoms with Crippen molar-refractivity contribution in [3.63, 3.8) is 0 Å². The summed E-state index contributed by atoms with van der Waals surface area (Å²) >= 11 is 0. The fourth-order valence-electron chi connectivity index (χ4n) is 1.99. The number of hydrogen-bond donors (Lipinski definition) is 1. The topological polar surface area (TPSA) is 60.2 Å². The Morgan fingerprint density at radius 2 is 2.41 bits per heavy atom. The van der Waals surface area contributed by atoms with Gasteiger partial charge in [-0.1, -0.05) is 5.16 Å². The Morgan fingerprint density at radius 3 is 3.12 bits per heavy atom. The van der Waals surface area contributed by atoms with Crippen molar-refractivity contribution < 1.29 is 9.26 Å². The normalized spacial score (nSPS) is 21.9. The minimum Gasteiger partial charge on any atom is -0.381 e. The molecule has 0 amide bonds. The molecular formula is C12H21N3O2. The second-order valence-electron chi connectivity index (χ2n) is 4.77. The van der Waals surface area contributed by atoms with Crippen molar-refractivity contribution in [3.05, 3.63) is 11.7 Å². The molecule has 2 unspecified atom stereocenters. The molecule has 0 aromatic carbocycles. The molecule has 1 aromatic rings. The van der Waals surface area contributed by atoms with Gasteiger partial charge in [0.25, 0.3) is 0 Å². The summed E-state index contributed by atoms with van der Waals surface area (Å²) in [6.07, 6.45) is 3.93. The van der Waals surface area contributed by atoms with Crippen LogP contribution in [0.2, 0.25) is 0 Å². The predicted molar refractivity (Wildman–Crippen MR) is 63.8 cm³/mol. The highest BCUT2D eigenvalue weighted by Gasteiger charge is 2.17. The van der Waals surface area contributed by atoms with Gasteiger partial charge >= 0.3 is 0 Å². The Balaban J connectivity index is 1.77. The van der Waals surface area contributed by atoms with E-state index < -0.39 is 0 Å². The van der Waals surface area contributed by atoms with Crippen molar-refractivity contribution in [2.45, 2.75) is 38.6 Å². The zero-order valence-corrected chi connectivity index (χ0v) is 10.6. The van der Waals surface area contributed by atoms with Crippen LogP contribution in [-0.4, -0.2) is 36.4 Å². The van der Waals surface area contributed by atoms with E-state index in [0.717, 1.165) is 50.6 Å². The van der Waals surface area contributed by atoms with E-state index in [2.05, 4.69) is 22.4 Å². The molecule has 2 atom stereocenters. The number of rotatable bonds is 6. The zero-order chi connectivity index (χ0) is 12.1. The van der Waals surface area contributed by atoms with Gasteiger partial charge in [-0.05, 0) is 32.7 Å². The molecule has 0 bridgehead atoms. The van der Waals surface area contributed by atoms with E-state index in [-0.39, 0.29) is 0 Å². The lowest BCUT2D eigenvalue weighted by molar-refractivity contribution is 0.183. The summed E-state index contributed by atoms with van der Waals surface area (Å²) in [5.74, 6) is 2.22. The standard InChI is InChI=1S/C12H21N3O2/c1-9(13-2)7-11-14-12(17-15-11)4-3-10-5-6-16-8-10/h9-10,13H,3-8H2,1-2H3. The molecule has 96 valence electrons. The molecule has 2 heterocycles. The van der Waals surface area contributed by atoms with Gasteiger partial charge in [0, 0.05) is 32.1 Å². The van der Waals surface area contributed by atoms with Crippen molar-refractivity contribution in [3.8, 4) is 0 Å². The maximum atomic E-state index is 5.34. The number of nitrogens with one attached hydrogen (secondary N) is 1. The van der Waals surface area contributed by atoms with E-state index in [1.165, 1.54) is 0 Å². The largest absolute Gasteiger partial charge is 0.381 e. The predicted octanol–water partition coefficient (Wildman–Crippen LogP) is 1.19. The van der Waals surface area contributed by atoms with Crippen molar-refractivity contribution >= 4 is 0 Å². The first-order chi connectivity index (χ1) is 8.28. The lowest BCUT2D eigenvalue weighted by atomic mass is 10.0. The van der Waals surface area contributed by atoms with Crippen molar-refractivity contribution in [2.24, 2.45) is 5.92 Å². The van der Waals surface area contributed by atoms with Crippen LogP contribution in [0.4, 0.5) is 0 Å². The maximum absolute atomic E-state index is 5.34. The van der Waals surface area contributed by atoms with Crippen LogP contribution < -0.4 is 5.32 Å². The summed E-state index contributed by atoms with van der Waals surface area (Å²) in [7, 11) is 1.94. The molecule has 17 heavy (non-hydrogen) atoms. The summed E-state index contributed by atoms with van der Waals surface area (Å²) in [5.41, 5.74) is 0. The Hall–Kier alpha value is -0.940. The van der Waals surface area contributed by atoms with Crippen LogP contribution >= 0.6 is 0 Å². The minimum absolute atomic E-state index is 0.378. The lowest BCUT2D eigenvalue weighted by Gasteiger charge is -2.05. The molecule has 1 saturated heterocycles. The number of ether oxygens (including phenoxy) is 1. The van der Waals surface area contributed by atoms with Gasteiger partial charge in [0.1, 0.15) is 0 Å². The third-order valence-electron chi connectivity index (χ3n) is 3.28. The summed E-state index contributed by atoms with van der Waals surface area (Å²) in [4.78, 5) is 4.40. The molecule has 1 aliphatic rings. The summed E-state index contributed by atoms with van der Waals surface area (Å²) in [6, 6.07) is 0.378. The lowest BCUT2D eigenvalue weighted by Crippen LogP contribution is -2.24. The highest BCUT2D eigenvalue weighted by atomic mass is 16.5. The van der Waals surface area contributed by atoms with Gasteiger partial charge in [0.2, 0.25) is 5.89 Å². The molecule has 0 radical (unpaired) electrons. The van der Waals surface area contributed by atoms with Crippen LogP contribution in [-0.2, 0) is 17.6 Å². The summed E-state index contributed by atoms with van der Waals surface area (Å²) in [5, 5.41) is 7.15. The smallest absolute Gasteiger partial charge is 0.226 e. The molecule has 0 saturated carbocycles. The van der Waals surface area contributed by atoms with Crippen LogP contribution in [0, 0.1) is 5.92 Å². The molecule has 1 aromatic heterocycles. The van der Waals surface area contributed by atoms with Gasteiger partial charge in [0.15, 0.2) is 5.82 Å². The molecule has 1 aliphatic heterocycles. The van der Waals surface area contributed by atoms with E-state index in [0.29, 0.717) is 12.0 Å². The first-order valence-electron chi connectivity index (χ1n) is 6.34. The molecule has 0 spiro atoms. The molecule has 5 nitrogen and oxygen atoms in total. The second-order valence-corrected chi connectivity index (χ2v) is 4.77. The van der Waals surface area contributed by atoms with Crippen LogP contribution in [0.25, 0.3) is 0 Å².